The number of hydrogen-bond acceptors (Lipinski definition) is 1. The van der Waals surface area contributed by atoms with E-state index in [1.54, 1.807) is 0 Å². The van der Waals surface area contributed by atoms with Gasteiger partial charge in [0.05, 0.1) is 0 Å². The van der Waals surface area contributed by atoms with Crippen LogP contribution in [0.5, 0.6) is 0 Å². The summed E-state index contributed by atoms with van der Waals surface area (Å²) in [5, 5.41) is 8.82. The molecule has 0 heterocycles. The monoisotopic (exact) mass is 286 g/mol. The maximum absolute atomic E-state index is 10.7. The molecule has 0 amide bonds. The first-order valence-corrected chi connectivity index (χ1v) is 7.83. The Morgan fingerprint density at radius 3 is 2.57 bits per heavy atom. The molecule has 0 aliphatic carbocycles. The van der Waals surface area contributed by atoms with Crippen molar-refractivity contribution in [3.63, 3.8) is 0 Å². The van der Waals surface area contributed by atoms with Gasteiger partial charge in [-0.05, 0) is 31.2 Å². The molecular formula is C19H26O2. The van der Waals surface area contributed by atoms with Crippen LogP contribution < -0.4 is 0 Å². The smallest absolute Gasteiger partial charge is 0.303 e. The van der Waals surface area contributed by atoms with Crippen molar-refractivity contribution >= 4 is 5.97 Å². The predicted molar refractivity (Wildman–Crippen MR) is 88.4 cm³/mol. The number of hydrogen-bond donors (Lipinski definition) is 1. The number of unbranched alkanes of at least 4 members (excludes halogenated alkanes) is 2. The fourth-order valence-electron chi connectivity index (χ4n) is 2.13. The Morgan fingerprint density at radius 1 is 1.14 bits per heavy atom. The molecule has 0 fully saturated rings. The van der Waals surface area contributed by atoms with Crippen LogP contribution in [-0.4, -0.2) is 11.1 Å². The van der Waals surface area contributed by atoms with Crippen molar-refractivity contribution < 1.29 is 9.90 Å². The van der Waals surface area contributed by atoms with Gasteiger partial charge in [-0.15, -0.1) is 0 Å². The Balaban J connectivity index is 2.50. The van der Waals surface area contributed by atoms with E-state index in [9.17, 15) is 4.79 Å². The largest absolute Gasteiger partial charge is 0.481 e. The molecule has 2 heteroatoms. The molecule has 0 aromatic heterocycles. The average molecular weight is 286 g/mol. The second-order valence-corrected chi connectivity index (χ2v) is 5.24. The van der Waals surface area contributed by atoms with Crippen molar-refractivity contribution in [2.45, 2.75) is 51.9 Å². The average Bonchev–Trinajstić information content (AvgIpc) is 2.49. The molecule has 0 radical (unpaired) electrons. The van der Waals surface area contributed by atoms with Crippen LogP contribution in [0.3, 0.4) is 0 Å². The zero-order valence-electron chi connectivity index (χ0n) is 12.9. The van der Waals surface area contributed by atoms with Gasteiger partial charge in [0.2, 0.25) is 0 Å². The highest BCUT2D eigenvalue weighted by Gasteiger charge is 1.99. The van der Waals surface area contributed by atoms with Crippen molar-refractivity contribution in [3.8, 4) is 0 Å². The van der Waals surface area contributed by atoms with Crippen molar-refractivity contribution in [3.05, 3.63) is 59.7 Å². The summed E-state index contributed by atoms with van der Waals surface area (Å²) < 4.78 is 0. The maximum atomic E-state index is 10.7. The van der Waals surface area contributed by atoms with Crippen LogP contribution in [0.25, 0.3) is 0 Å². The molecular weight excluding hydrogens is 260 g/mol. The minimum atomic E-state index is -0.731. The number of allylic oxidation sites excluding steroid dienone is 4. The molecule has 0 atom stereocenters. The van der Waals surface area contributed by atoms with E-state index < -0.39 is 5.97 Å². The normalized spacial score (nSPS) is 12.0. The Labute approximate surface area is 128 Å². The zero-order chi connectivity index (χ0) is 15.3. The van der Waals surface area contributed by atoms with Crippen LogP contribution in [0.15, 0.2) is 54.1 Å². The lowest BCUT2D eigenvalue weighted by molar-refractivity contribution is -0.136. The number of rotatable bonds is 10. The lowest BCUT2D eigenvalue weighted by atomic mass is 10.0. The van der Waals surface area contributed by atoms with E-state index in [2.05, 4.69) is 49.4 Å². The van der Waals surface area contributed by atoms with Crippen molar-refractivity contribution in [2.24, 2.45) is 0 Å². The highest BCUT2D eigenvalue weighted by atomic mass is 16.4. The number of carboxylic acids is 1. The summed E-state index contributed by atoms with van der Waals surface area (Å²) in [5.41, 5.74) is 2.46. The summed E-state index contributed by atoms with van der Waals surface area (Å²) in [4.78, 5) is 10.7. The fraction of sp³-hybridized carbons (Fsp3) is 0.421. The third-order valence-corrected chi connectivity index (χ3v) is 3.37. The van der Waals surface area contributed by atoms with Crippen molar-refractivity contribution in [2.75, 3.05) is 0 Å². The van der Waals surface area contributed by atoms with Gasteiger partial charge in [-0.2, -0.15) is 0 Å². The first-order valence-electron chi connectivity index (χ1n) is 7.83. The first kappa shape index (κ1) is 17.2. The van der Waals surface area contributed by atoms with E-state index in [4.69, 9.17) is 5.11 Å². The van der Waals surface area contributed by atoms with E-state index in [0.29, 0.717) is 6.42 Å². The number of benzene rings is 1. The molecule has 1 aromatic rings. The van der Waals surface area contributed by atoms with Gasteiger partial charge >= 0.3 is 5.97 Å². The van der Waals surface area contributed by atoms with Gasteiger partial charge in [-0.25, -0.2) is 0 Å². The van der Waals surface area contributed by atoms with Crippen molar-refractivity contribution in [1.82, 2.24) is 0 Å². The van der Waals surface area contributed by atoms with Gasteiger partial charge in [-0.1, -0.05) is 73.9 Å². The van der Waals surface area contributed by atoms with E-state index >= 15 is 0 Å². The van der Waals surface area contributed by atoms with Crippen LogP contribution in [0.4, 0.5) is 0 Å². The van der Waals surface area contributed by atoms with Gasteiger partial charge < -0.3 is 5.11 Å². The Bertz CT molecular complexity index is 458. The maximum Gasteiger partial charge on any atom is 0.303 e. The molecule has 0 aliphatic rings. The van der Waals surface area contributed by atoms with Crippen LogP contribution in [0.1, 0.15) is 51.0 Å². The molecule has 114 valence electrons. The van der Waals surface area contributed by atoms with E-state index in [1.165, 1.54) is 18.4 Å². The number of carboxylic acid groups (broad SMARTS) is 1. The van der Waals surface area contributed by atoms with Crippen LogP contribution in [0.2, 0.25) is 0 Å². The highest BCUT2D eigenvalue weighted by molar-refractivity contribution is 5.67. The van der Waals surface area contributed by atoms with E-state index in [0.717, 1.165) is 24.8 Å². The van der Waals surface area contributed by atoms with Gasteiger partial charge in [0.15, 0.2) is 0 Å². The Hall–Kier alpha value is -1.83. The quantitative estimate of drug-likeness (QED) is 0.476. The fourth-order valence-corrected chi connectivity index (χ4v) is 2.13. The molecule has 0 bridgehead atoms. The van der Waals surface area contributed by atoms with Gasteiger partial charge in [0.25, 0.3) is 0 Å². The lowest BCUT2D eigenvalue weighted by Crippen LogP contribution is -1.95. The van der Waals surface area contributed by atoms with E-state index in [1.807, 2.05) is 6.07 Å². The topological polar surface area (TPSA) is 37.3 Å². The summed E-state index contributed by atoms with van der Waals surface area (Å²) in [7, 11) is 0. The molecule has 0 unspecified atom stereocenters. The second kappa shape index (κ2) is 10.9. The lowest BCUT2D eigenvalue weighted by Gasteiger charge is -2.02. The highest BCUT2D eigenvalue weighted by Crippen LogP contribution is 2.12. The number of aryl methyl sites for hydroxylation is 1. The summed E-state index contributed by atoms with van der Waals surface area (Å²) in [6.45, 7) is 2.18. The molecule has 1 N–H and O–H groups in total. The van der Waals surface area contributed by atoms with Gasteiger partial charge in [0, 0.05) is 6.42 Å². The minimum absolute atomic E-state index is 0.204. The van der Waals surface area contributed by atoms with Gasteiger partial charge in [0.1, 0.15) is 0 Å². The van der Waals surface area contributed by atoms with Crippen LogP contribution >= 0.6 is 0 Å². The second-order valence-electron chi connectivity index (χ2n) is 5.24. The third-order valence-electron chi connectivity index (χ3n) is 3.37. The molecule has 2 nitrogen and oxygen atoms in total. The van der Waals surface area contributed by atoms with Crippen LogP contribution in [-0.2, 0) is 11.2 Å². The number of aliphatic carboxylic acids is 1. The SMILES string of the molecule is CCCCC=CC(=CCCc1ccccc1)CCC(=O)O. The summed E-state index contributed by atoms with van der Waals surface area (Å²) in [5.74, 6) is -0.731. The molecule has 1 aromatic carbocycles. The van der Waals surface area contributed by atoms with Crippen LogP contribution in [0, 0.1) is 0 Å². The molecule has 0 aliphatic heterocycles. The Kier molecular flexibility index (Phi) is 8.94. The molecule has 0 saturated heterocycles. The standard InChI is InChI=1S/C19H26O2/c1-2-3-4-6-12-18(15-16-19(20)21)14-9-13-17-10-7-5-8-11-17/h5-8,10-12,14H,2-4,9,13,15-16H2,1H3,(H,20,21). The Morgan fingerprint density at radius 2 is 1.90 bits per heavy atom. The predicted octanol–water partition coefficient (Wildman–Crippen LogP) is 5.16. The third kappa shape index (κ3) is 8.85. The first-order chi connectivity index (χ1) is 10.2. The number of carbonyl (C=O) groups is 1. The molecule has 21 heavy (non-hydrogen) atoms. The molecule has 0 spiro atoms. The molecule has 1 rings (SSSR count). The molecule has 0 saturated carbocycles. The summed E-state index contributed by atoms with van der Waals surface area (Å²) in [6.07, 6.45) is 12.7. The zero-order valence-corrected chi connectivity index (χ0v) is 12.9. The summed E-state index contributed by atoms with van der Waals surface area (Å²) in [6, 6.07) is 10.4. The minimum Gasteiger partial charge on any atom is -0.481 e. The van der Waals surface area contributed by atoms with Crippen molar-refractivity contribution in [1.29, 1.82) is 0 Å². The van der Waals surface area contributed by atoms with Gasteiger partial charge in [-0.3, -0.25) is 4.79 Å². The van der Waals surface area contributed by atoms with E-state index in [-0.39, 0.29) is 6.42 Å². The summed E-state index contributed by atoms with van der Waals surface area (Å²) >= 11 is 0.